The third-order valence-corrected chi connectivity index (χ3v) is 2.81. The van der Waals surface area contributed by atoms with Gasteiger partial charge in [-0.3, -0.25) is 4.79 Å². The van der Waals surface area contributed by atoms with Gasteiger partial charge in [0.2, 0.25) is 5.91 Å². The fourth-order valence-electron chi connectivity index (χ4n) is 1.75. The van der Waals surface area contributed by atoms with Crippen molar-refractivity contribution in [1.82, 2.24) is 10.6 Å². The van der Waals surface area contributed by atoms with E-state index in [0.717, 1.165) is 6.42 Å². The molecule has 0 atom stereocenters. The average molecular weight is 452 g/mol. The molecule has 0 fully saturated rings. The zero-order valence-electron chi connectivity index (χ0n) is 14.1. The molecule has 0 saturated heterocycles. The quantitative estimate of drug-likeness (QED) is 0.233. The van der Waals surface area contributed by atoms with Gasteiger partial charge in [-0.2, -0.15) is 0 Å². The van der Waals surface area contributed by atoms with Gasteiger partial charge in [0.05, 0.1) is 0 Å². The number of halogens is 2. The maximum atomic E-state index is 12.8. The molecule has 0 aliphatic heterocycles. The number of nitrogens with zero attached hydrogens (tertiary/aromatic N) is 1. The molecule has 0 spiro atoms. The minimum absolute atomic E-state index is 0. The summed E-state index contributed by atoms with van der Waals surface area (Å²) in [6.45, 7) is 6.71. The second-order valence-electron chi connectivity index (χ2n) is 4.73. The number of benzene rings is 1. The number of ether oxygens (including phenoxy) is 1. The molecule has 1 amide bonds. The second-order valence-corrected chi connectivity index (χ2v) is 4.73. The van der Waals surface area contributed by atoms with E-state index in [0.29, 0.717) is 38.0 Å². The van der Waals surface area contributed by atoms with Crippen LogP contribution in [-0.4, -0.2) is 44.7 Å². The van der Waals surface area contributed by atoms with Gasteiger partial charge < -0.3 is 20.7 Å². The zero-order chi connectivity index (χ0) is 16.9. The van der Waals surface area contributed by atoms with Crippen molar-refractivity contribution in [3.63, 3.8) is 0 Å². The number of hydrogen-bond acceptors (Lipinski definition) is 3. The lowest BCUT2D eigenvalue weighted by molar-refractivity contribution is -0.114. The van der Waals surface area contributed by atoms with Crippen molar-refractivity contribution in [2.75, 3.05) is 38.2 Å². The molecule has 0 aromatic heterocycles. The van der Waals surface area contributed by atoms with E-state index in [1.54, 1.807) is 0 Å². The van der Waals surface area contributed by atoms with Crippen LogP contribution in [0.1, 0.15) is 20.3 Å². The van der Waals surface area contributed by atoms with E-state index in [1.165, 1.54) is 24.3 Å². The van der Waals surface area contributed by atoms with Gasteiger partial charge >= 0.3 is 0 Å². The molecule has 0 radical (unpaired) electrons. The summed E-state index contributed by atoms with van der Waals surface area (Å²) >= 11 is 0. The van der Waals surface area contributed by atoms with Crippen LogP contribution >= 0.6 is 24.0 Å². The molecule has 1 aromatic rings. The lowest BCUT2D eigenvalue weighted by Gasteiger charge is -2.11. The molecule has 1 rings (SSSR count). The molecule has 1 aromatic carbocycles. The SMILES string of the molecule is CCNC(=NCC(=O)Nc1ccc(F)cc1)NCCCOCC.I. The predicted octanol–water partition coefficient (Wildman–Crippen LogP) is 2.36. The van der Waals surface area contributed by atoms with Gasteiger partial charge in [0.15, 0.2) is 5.96 Å². The van der Waals surface area contributed by atoms with Crippen LogP contribution in [0.15, 0.2) is 29.3 Å². The van der Waals surface area contributed by atoms with Crippen molar-refractivity contribution >= 4 is 41.5 Å². The predicted molar refractivity (Wildman–Crippen MR) is 106 cm³/mol. The van der Waals surface area contributed by atoms with E-state index in [9.17, 15) is 9.18 Å². The maximum absolute atomic E-state index is 12.8. The van der Waals surface area contributed by atoms with Crippen molar-refractivity contribution in [2.24, 2.45) is 4.99 Å². The van der Waals surface area contributed by atoms with Crippen molar-refractivity contribution in [3.8, 4) is 0 Å². The lowest BCUT2D eigenvalue weighted by Crippen LogP contribution is -2.38. The van der Waals surface area contributed by atoms with Crippen LogP contribution in [0.3, 0.4) is 0 Å². The van der Waals surface area contributed by atoms with Gasteiger partial charge in [0.25, 0.3) is 0 Å². The summed E-state index contributed by atoms with van der Waals surface area (Å²) in [5.74, 6) is -0.0203. The highest BCUT2D eigenvalue weighted by molar-refractivity contribution is 14.0. The summed E-state index contributed by atoms with van der Waals surface area (Å²) in [5, 5.41) is 8.87. The lowest BCUT2D eigenvalue weighted by atomic mass is 10.3. The number of carbonyl (C=O) groups is 1. The Bertz CT molecular complexity index is 497. The second kappa shape index (κ2) is 14.0. The topological polar surface area (TPSA) is 74.8 Å². The molecule has 8 heteroatoms. The standard InChI is InChI=1S/C16H25FN4O2.HI/c1-3-18-16(19-10-5-11-23-4-2)20-12-15(22)21-14-8-6-13(17)7-9-14;/h6-9H,3-5,10-12H2,1-2H3,(H,21,22)(H2,18,19,20);1H. The van der Waals surface area contributed by atoms with Gasteiger partial charge in [-0.05, 0) is 44.5 Å². The van der Waals surface area contributed by atoms with Crippen molar-refractivity contribution in [3.05, 3.63) is 30.1 Å². The highest BCUT2D eigenvalue weighted by Gasteiger charge is 2.03. The summed E-state index contributed by atoms with van der Waals surface area (Å²) in [4.78, 5) is 16.0. The van der Waals surface area contributed by atoms with Crippen LogP contribution in [0.5, 0.6) is 0 Å². The summed E-state index contributed by atoms with van der Waals surface area (Å²) in [6, 6.07) is 5.61. The van der Waals surface area contributed by atoms with Crippen molar-refractivity contribution < 1.29 is 13.9 Å². The van der Waals surface area contributed by atoms with Crippen LogP contribution in [0.2, 0.25) is 0 Å². The normalized spacial score (nSPS) is 10.7. The Morgan fingerprint density at radius 3 is 2.54 bits per heavy atom. The van der Waals surface area contributed by atoms with Gasteiger partial charge in [0.1, 0.15) is 12.4 Å². The van der Waals surface area contributed by atoms with E-state index >= 15 is 0 Å². The maximum Gasteiger partial charge on any atom is 0.246 e. The van der Waals surface area contributed by atoms with Crippen molar-refractivity contribution in [1.29, 1.82) is 0 Å². The molecule has 136 valence electrons. The molecule has 3 N–H and O–H groups in total. The van der Waals surface area contributed by atoms with Crippen LogP contribution in [-0.2, 0) is 9.53 Å². The smallest absolute Gasteiger partial charge is 0.246 e. The fraction of sp³-hybridized carbons (Fsp3) is 0.500. The molecular formula is C16H26FIN4O2. The average Bonchev–Trinajstić information content (AvgIpc) is 2.54. The zero-order valence-corrected chi connectivity index (χ0v) is 16.4. The number of hydrogen-bond donors (Lipinski definition) is 3. The number of carbonyl (C=O) groups excluding carboxylic acids is 1. The number of anilines is 1. The van der Waals surface area contributed by atoms with Gasteiger partial charge in [-0.1, -0.05) is 0 Å². The molecule has 0 aliphatic rings. The summed E-state index contributed by atoms with van der Waals surface area (Å²) < 4.78 is 18.1. The van der Waals surface area contributed by atoms with Gasteiger partial charge in [-0.25, -0.2) is 9.38 Å². The van der Waals surface area contributed by atoms with Crippen LogP contribution in [0, 0.1) is 5.82 Å². The first-order valence-corrected chi connectivity index (χ1v) is 7.81. The van der Waals surface area contributed by atoms with E-state index in [2.05, 4.69) is 20.9 Å². The molecular weight excluding hydrogens is 426 g/mol. The number of guanidine groups is 1. The Hall–Kier alpha value is -1.42. The molecule has 24 heavy (non-hydrogen) atoms. The molecule has 0 saturated carbocycles. The Kier molecular flexibility index (Phi) is 13.1. The fourth-order valence-corrected chi connectivity index (χ4v) is 1.75. The number of nitrogens with one attached hydrogen (secondary N) is 3. The van der Waals surface area contributed by atoms with Gasteiger partial charge in [0, 0.05) is 32.0 Å². The molecule has 0 bridgehead atoms. The van der Waals surface area contributed by atoms with Crippen molar-refractivity contribution in [2.45, 2.75) is 20.3 Å². The largest absolute Gasteiger partial charge is 0.382 e. The number of rotatable bonds is 9. The third-order valence-electron chi connectivity index (χ3n) is 2.81. The first kappa shape index (κ1) is 22.6. The highest BCUT2D eigenvalue weighted by atomic mass is 127. The summed E-state index contributed by atoms with van der Waals surface area (Å²) in [6.07, 6.45) is 0.861. The van der Waals surface area contributed by atoms with Crippen LogP contribution in [0.4, 0.5) is 10.1 Å². The van der Waals surface area contributed by atoms with E-state index in [1.807, 2.05) is 13.8 Å². The monoisotopic (exact) mass is 452 g/mol. The minimum Gasteiger partial charge on any atom is -0.382 e. The molecule has 0 unspecified atom stereocenters. The van der Waals surface area contributed by atoms with Crippen LogP contribution < -0.4 is 16.0 Å². The first-order chi connectivity index (χ1) is 11.2. The van der Waals surface area contributed by atoms with Gasteiger partial charge in [-0.15, -0.1) is 24.0 Å². The Labute approximate surface area is 159 Å². The third kappa shape index (κ3) is 10.4. The highest BCUT2D eigenvalue weighted by Crippen LogP contribution is 2.07. The summed E-state index contributed by atoms with van der Waals surface area (Å²) in [7, 11) is 0. The minimum atomic E-state index is -0.341. The van der Waals surface area contributed by atoms with E-state index in [4.69, 9.17) is 4.74 Å². The Balaban J connectivity index is 0.00000529. The summed E-state index contributed by atoms with van der Waals surface area (Å²) in [5.41, 5.74) is 0.543. The number of aliphatic imine (C=N–C) groups is 1. The number of amides is 1. The van der Waals surface area contributed by atoms with E-state index < -0.39 is 0 Å². The Morgan fingerprint density at radius 2 is 1.92 bits per heavy atom. The van der Waals surface area contributed by atoms with E-state index in [-0.39, 0.29) is 42.2 Å². The Morgan fingerprint density at radius 1 is 1.21 bits per heavy atom. The molecule has 6 nitrogen and oxygen atoms in total. The first-order valence-electron chi connectivity index (χ1n) is 7.81. The molecule has 0 aliphatic carbocycles. The molecule has 0 heterocycles. The van der Waals surface area contributed by atoms with Crippen LogP contribution in [0.25, 0.3) is 0 Å².